The van der Waals surface area contributed by atoms with E-state index in [1.54, 1.807) is 12.1 Å². The first-order valence-electron chi connectivity index (χ1n) is 10.6. The fraction of sp³-hybridized carbons (Fsp3) is 0.250. The van der Waals surface area contributed by atoms with Crippen LogP contribution in [-0.2, 0) is 20.1 Å². The number of hydrogen-bond acceptors (Lipinski definition) is 5. The van der Waals surface area contributed by atoms with Crippen LogP contribution in [0.25, 0.3) is 11.2 Å². The van der Waals surface area contributed by atoms with Crippen LogP contribution < -0.4 is 16.3 Å². The highest BCUT2D eigenvalue weighted by Crippen LogP contribution is 2.30. The van der Waals surface area contributed by atoms with E-state index in [4.69, 9.17) is 10.1 Å². The van der Waals surface area contributed by atoms with E-state index in [-0.39, 0.29) is 23.8 Å². The van der Waals surface area contributed by atoms with Gasteiger partial charge in [0.15, 0.2) is 11.2 Å². The number of hydrogen-bond donors (Lipinski definition) is 0. The summed E-state index contributed by atoms with van der Waals surface area (Å²) in [6, 6.07) is 19.3. The van der Waals surface area contributed by atoms with Crippen LogP contribution in [0.5, 0.6) is 0 Å². The van der Waals surface area contributed by atoms with Gasteiger partial charge in [0.1, 0.15) is 0 Å². The highest BCUT2D eigenvalue weighted by Gasteiger charge is 2.30. The number of nitrogens with zero attached hydrogens (tertiary/aromatic N) is 6. The second-order valence-corrected chi connectivity index (χ2v) is 8.13. The van der Waals surface area contributed by atoms with Crippen molar-refractivity contribution in [3.8, 4) is 0 Å². The molecule has 32 heavy (non-hydrogen) atoms. The zero-order chi connectivity index (χ0) is 22.4. The fourth-order valence-corrected chi connectivity index (χ4v) is 4.15. The molecular weight excluding hydrogens is 404 g/mol. The van der Waals surface area contributed by atoms with Gasteiger partial charge in [0.25, 0.3) is 5.56 Å². The number of rotatable bonds is 4. The molecule has 0 amide bonds. The second kappa shape index (κ2) is 7.64. The van der Waals surface area contributed by atoms with E-state index in [1.165, 1.54) is 9.13 Å². The first kappa shape index (κ1) is 20.0. The van der Waals surface area contributed by atoms with Crippen molar-refractivity contribution in [2.75, 3.05) is 5.01 Å². The van der Waals surface area contributed by atoms with Crippen molar-refractivity contribution in [2.45, 2.75) is 33.0 Å². The Morgan fingerprint density at radius 3 is 2.12 bits per heavy atom. The fourth-order valence-electron chi connectivity index (χ4n) is 4.15. The summed E-state index contributed by atoms with van der Waals surface area (Å²) in [6.07, 6.45) is 0. The second-order valence-electron chi connectivity index (χ2n) is 8.13. The summed E-state index contributed by atoms with van der Waals surface area (Å²) in [4.78, 5) is 31.4. The summed E-state index contributed by atoms with van der Waals surface area (Å²) in [5.41, 5.74) is 2.89. The largest absolute Gasteiger partial charge is 0.332 e. The third-order valence-electron chi connectivity index (χ3n) is 6.02. The lowest BCUT2D eigenvalue weighted by Gasteiger charge is -2.29. The number of fused-ring (bicyclic) bond motifs is 3. The number of anilines is 1. The van der Waals surface area contributed by atoms with Gasteiger partial charge in [-0.2, -0.15) is 10.1 Å². The molecule has 162 valence electrons. The Hall–Kier alpha value is -3.94. The molecule has 0 saturated heterocycles. The molecular formula is C24H24N6O2. The molecule has 1 aliphatic heterocycles. The van der Waals surface area contributed by atoms with Gasteiger partial charge in [-0.15, -0.1) is 0 Å². The molecule has 0 saturated carbocycles. The van der Waals surface area contributed by atoms with Gasteiger partial charge in [-0.1, -0.05) is 60.7 Å². The average Bonchev–Trinajstić information content (AvgIpc) is 3.22. The Balaban J connectivity index is 1.71. The van der Waals surface area contributed by atoms with Crippen LogP contribution in [0.4, 0.5) is 5.95 Å². The summed E-state index contributed by atoms with van der Waals surface area (Å²) >= 11 is 0. The van der Waals surface area contributed by atoms with Crippen LogP contribution in [0.15, 0.2) is 75.4 Å². The molecule has 0 bridgehead atoms. The van der Waals surface area contributed by atoms with Gasteiger partial charge < -0.3 is 0 Å². The topological polar surface area (TPSA) is 77.4 Å². The van der Waals surface area contributed by atoms with Gasteiger partial charge in [0, 0.05) is 7.05 Å². The average molecular weight is 428 g/mol. The molecule has 0 spiro atoms. The van der Waals surface area contributed by atoms with E-state index in [9.17, 15) is 9.59 Å². The Morgan fingerprint density at radius 2 is 1.50 bits per heavy atom. The maximum Gasteiger partial charge on any atom is 0.332 e. The predicted octanol–water partition coefficient (Wildman–Crippen LogP) is 2.90. The summed E-state index contributed by atoms with van der Waals surface area (Å²) in [5, 5.41) is 6.54. The lowest BCUT2D eigenvalue weighted by Crippen LogP contribution is -2.40. The third-order valence-corrected chi connectivity index (χ3v) is 6.02. The summed E-state index contributed by atoms with van der Waals surface area (Å²) in [5.74, 6) is 0.562. The van der Waals surface area contributed by atoms with Crippen molar-refractivity contribution in [3.63, 3.8) is 0 Å². The summed E-state index contributed by atoms with van der Waals surface area (Å²) < 4.78 is 4.64. The zero-order valence-corrected chi connectivity index (χ0v) is 18.3. The zero-order valence-electron chi connectivity index (χ0n) is 18.3. The van der Waals surface area contributed by atoms with Crippen molar-refractivity contribution < 1.29 is 0 Å². The van der Waals surface area contributed by atoms with Crippen LogP contribution >= 0.6 is 0 Å². The van der Waals surface area contributed by atoms with Crippen LogP contribution in [0.1, 0.15) is 31.0 Å². The number of benzene rings is 2. The van der Waals surface area contributed by atoms with E-state index in [1.807, 2.05) is 79.1 Å². The standard InChI is InChI=1S/C24H24N6O2/c1-16-17(2)30-20-21(25-23(30)29(26-16)15-19-12-8-5-9-13-19)27(3)24(32)28(22(20)31)14-18-10-6-4-7-11-18/h4-13,17H,14-15H2,1-3H3. The van der Waals surface area contributed by atoms with Crippen LogP contribution in [0.3, 0.4) is 0 Å². The minimum atomic E-state index is -0.387. The summed E-state index contributed by atoms with van der Waals surface area (Å²) in [7, 11) is 1.66. The molecule has 0 radical (unpaired) electrons. The quantitative estimate of drug-likeness (QED) is 0.501. The van der Waals surface area contributed by atoms with Crippen molar-refractivity contribution in [2.24, 2.45) is 12.1 Å². The van der Waals surface area contributed by atoms with Gasteiger partial charge in [-0.25, -0.2) is 9.80 Å². The summed E-state index contributed by atoms with van der Waals surface area (Å²) in [6.45, 7) is 4.66. The Labute approximate surface area is 184 Å². The van der Waals surface area contributed by atoms with Crippen molar-refractivity contribution in [3.05, 3.63) is 92.6 Å². The number of aryl methyl sites for hydroxylation is 1. The monoisotopic (exact) mass is 428 g/mol. The van der Waals surface area contributed by atoms with Gasteiger partial charge in [-0.05, 0) is 25.0 Å². The van der Waals surface area contributed by atoms with Gasteiger partial charge in [0.05, 0.1) is 24.8 Å². The van der Waals surface area contributed by atoms with Crippen LogP contribution in [0.2, 0.25) is 0 Å². The number of imidazole rings is 1. The predicted molar refractivity (Wildman–Crippen MR) is 125 cm³/mol. The molecule has 0 N–H and O–H groups in total. The van der Waals surface area contributed by atoms with E-state index < -0.39 is 0 Å². The number of aromatic nitrogens is 4. The minimum absolute atomic E-state index is 0.155. The Morgan fingerprint density at radius 1 is 0.906 bits per heavy atom. The molecule has 0 aliphatic carbocycles. The van der Waals surface area contributed by atoms with E-state index in [2.05, 4.69) is 0 Å². The van der Waals surface area contributed by atoms with Crippen molar-refractivity contribution in [1.29, 1.82) is 0 Å². The molecule has 2 aromatic heterocycles. The van der Waals surface area contributed by atoms with Crippen LogP contribution in [-0.4, -0.2) is 24.4 Å². The lowest BCUT2D eigenvalue weighted by atomic mass is 10.2. The SMILES string of the molecule is CC1=NN(Cc2ccccc2)c2nc3c(c(=O)n(Cc4ccccc4)c(=O)n3C)n2C1C. The van der Waals surface area contributed by atoms with E-state index >= 15 is 0 Å². The molecule has 2 aromatic carbocycles. The van der Waals surface area contributed by atoms with Crippen molar-refractivity contribution in [1.82, 2.24) is 18.7 Å². The molecule has 8 heteroatoms. The van der Waals surface area contributed by atoms with Crippen LogP contribution in [0, 0.1) is 0 Å². The third kappa shape index (κ3) is 3.15. The molecule has 3 heterocycles. The smallest absolute Gasteiger partial charge is 0.294 e. The molecule has 8 nitrogen and oxygen atoms in total. The normalized spacial score (nSPS) is 15.7. The molecule has 4 aromatic rings. The highest BCUT2D eigenvalue weighted by molar-refractivity contribution is 5.91. The Kier molecular flexibility index (Phi) is 4.77. The van der Waals surface area contributed by atoms with Gasteiger partial charge >= 0.3 is 5.69 Å². The maximum absolute atomic E-state index is 13.6. The molecule has 1 unspecified atom stereocenters. The van der Waals surface area contributed by atoms with Crippen molar-refractivity contribution >= 4 is 22.8 Å². The first-order chi connectivity index (χ1) is 15.5. The highest BCUT2D eigenvalue weighted by atomic mass is 16.2. The first-order valence-corrected chi connectivity index (χ1v) is 10.6. The molecule has 0 fully saturated rings. The van der Waals surface area contributed by atoms with Gasteiger partial charge in [-0.3, -0.25) is 18.5 Å². The minimum Gasteiger partial charge on any atom is -0.294 e. The molecule has 1 atom stereocenters. The molecule has 5 rings (SSSR count). The lowest BCUT2D eigenvalue weighted by molar-refractivity contribution is 0.626. The van der Waals surface area contributed by atoms with E-state index in [0.717, 1.165) is 16.8 Å². The van der Waals surface area contributed by atoms with E-state index in [0.29, 0.717) is 23.7 Å². The maximum atomic E-state index is 13.6. The Bertz CT molecular complexity index is 1450. The number of hydrazone groups is 1. The molecule has 1 aliphatic rings. The van der Waals surface area contributed by atoms with Gasteiger partial charge in [0.2, 0.25) is 5.95 Å².